The van der Waals surface area contributed by atoms with E-state index in [4.69, 9.17) is 10.00 Å². The van der Waals surface area contributed by atoms with Crippen LogP contribution in [0, 0.1) is 17.1 Å². The van der Waals surface area contributed by atoms with Crippen LogP contribution in [0.3, 0.4) is 0 Å². The number of carbonyl (C=O) groups excluding carboxylic acids is 2. The van der Waals surface area contributed by atoms with Gasteiger partial charge >= 0.3 is 0 Å². The molecule has 0 spiro atoms. The van der Waals surface area contributed by atoms with E-state index in [9.17, 15) is 18.4 Å². The van der Waals surface area contributed by atoms with Gasteiger partial charge < -0.3 is 15.4 Å². The molecule has 0 aromatic heterocycles. The lowest BCUT2D eigenvalue weighted by atomic mass is 10.1. The van der Waals surface area contributed by atoms with Gasteiger partial charge in [-0.05, 0) is 53.7 Å². The Morgan fingerprint density at radius 3 is 2.80 bits per heavy atom. The van der Waals surface area contributed by atoms with E-state index in [0.29, 0.717) is 41.8 Å². The number of amidine groups is 1. The molecule has 2 saturated heterocycles. The summed E-state index contributed by atoms with van der Waals surface area (Å²) >= 11 is 1.15. The molecule has 0 atom stereocenters. The Morgan fingerprint density at radius 2 is 2.06 bits per heavy atom. The number of hydrogen-bond donors (Lipinski definition) is 2. The van der Waals surface area contributed by atoms with Gasteiger partial charge in [0.1, 0.15) is 12.4 Å². The van der Waals surface area contributed by atoms with Crippen molar-refractivity contribution in [2.75, 3.05) is 32.7 Å². The lowest BCUT2D eigenvalue weighted by molar-refractivity contribution is -0.124. The molecular formula is C24H21F2N5O3S. The van der Waals surface area contributed by atoms with Crippen LogP contribution in [-0.4, -0.2) is 54.6 Å². The highest BCUT2D eigenvalue weighted by Gasteiger charge is 2.24. The number of hydrogen-bond acceptors (Lipinski definition) is 7. The van der Waals surface area contributed by atoms with Crippen LogP contribution in [0.2, 0.25) is 0 Å². The molecular weight excluding hydrogens is 476 g/mol. The van der Waals surface area contributed by atoms with Crippen molar-refractivity contribution in [3.8, 4) is 17.6 Å². The van der Waals surface area contributed by atoms with E-state index in [0.717, 1.165) is 18.3 Å². The molecule has 2 amide bonds. The van der Waals surface area contributed by atoms with Gasteiger partial charge in [-0.2, -0.15) is 5.26 Å². The van der Waals surface area contributed by atoms with E-state index in [2.05, 4.69) is 15.6 Å². The minimum absolute atomic E-state index is 0.0129. The number of nitrogens with zero attached hydrogens (tertiary/aromatic N) is 3. The highest BCUT2D eigenvalue weighted by Crippen LogP contribution is 2.31. The van der Waals surface area contributed by atoms with Crippen LogP contribution in [0.15, 0.2) is 46.3 Å². The van der Waals surface area contributed by atoms with Gasteiger partial charge in [0.2, 0.25) is 5.91 Å². The van der Waals surface area contributed by atoms with Crippen LogP contribution in [0.5, 0.6) is 11.5 Å². The number of nitriles is 1. The van der Waals surface area contributed by atoms with Gasteiger partial charge in [-0.25, -0.2) is 8.78 Å². The zero-order valence-electron chi connectivity index (χ0n) is 18.5. The highest BCUT2D eigenvalue weighted by atomic mass is 32.2. The average Bonchev–Trinajstić information content (AvgIpc) is 3.19. The molecule has 2 fully saturated rings. The molecule has 0 aliphatic carbocycles. The third-order valence-electron chi connectivity index (χ3n) is 5.25. The van der Waals surface area contributed by atoms with Gasteiger partial charge in [-0.15, -0.1) is 0 Å². The van der Waals surface area contributed by atoms with E-state index in [-0.39, 0.29) is 34.4 Å². The van der Waals surface area contributed by atoms with E-state index in [1.165, 1.54) is 30.3 Å². The van der Waals surface area contributed by atoms with E-state index < -0.39 is 12.5 Å². The summed E-state index contributed by atoms with van der Waals surface area (Å²) in [7, 11) is 0. The van der Waals surface area contributed by atoms with Gasteiger partial charge in [0.25, 0.3) is 5.91 Å². The number of thioether (sulfide) groups is 1. The number of halogens is 2. The third-order valence-corrected chi connectivity index (χ3v) is 6.19. The monoisotopic (exact) mass is 497 g/mol. The summed E-state index contributed by atoms with van der Waals surface area (Å²) in [6.45, 7) is 1.87. The Bertz CT molecular complexity index is 1260. The minimum atomic E-state index is -0.861. The van der Waals surface area contributed by atoms with Crippen LogP contribution in [0.25, 0.3) is 6.08 Å². The first-order valence-electron chi connectivity index (χ1n) is 10.8. The molecule has 180 valence electrons. The molecule has 8 nitrogen and oxygen atoms in total. The van der Waals surface area contributed by atoms with Crippen LogP contribution in [0.4, 0.5) is 8.78 Å². The lowest BCUT2D eigenvalue weighted by Crippen LogP contribution is -2.48. The highest BCUT2D eigenvalue weighted by molar-refractivity contribution is 8.18. The van der Waals surface area contributed by atoms with Crippen molar-refractivity contribution in [3.63, 3.8) is 0 Å². The predicted molar refractivity (Wildman–Crippen MR) is 128 cm³/mol. The van der Waals surface area contributed by atoms with Crippen molar-refractivity contribution in [1.82, 2.24) is 15.5 Å². The molecule has 2 N–H and O–H groups in total. The van der Waals surface area contributed by atoms with Gasteiger partial charge in [0, 0.05) is 25.2 Å². The van der Waals surface area contributed by atoms with Crippen molar-refractivity contribution >= 4 is 34.8 Å². The molecule has 4 rings (SSSR count). The number of carbonyl (C=O) groups is 2. The second-order valence-corrected chi connectivity index (χ2v) is 8.77. The molecule has 0 bridgehead atoms. The molecule has 35 heavy (non-hydrogen) atoms. The average molecular weight is 498 g/mol. The summed E-state index contributed by atoms with van der Waals surface area (Å²) in [5.74, 6) is -1.02. The summed E-state index contributed by atoms with van der Waals surface area (Å²) in [4.78, 5) is 30.4. The summed E-state index contributed by atoms with van der Waals surface area (Å²) in [5.41, 5.74) is 0.865. The number of amides is 2. The van der Waals surface area contributed by atoms with Gasteiger partial charge in [-0.1, -0.05) is 6.07 Å². The Labute approximate surface area is 204 Å². The second-order valence-electron chi connectivity index (χ2n) is 7.74. The number of nitrogens with one attached hydrogen (secondary N) is 2. The van der Waals surface area contributed by atoms with Crippen LogP contribution >= 0.6 is 11.8 Å². The predicted octanol–water partition coefficient (Wildman–Crippen LogP) is 2.95. The first-order chi connectivity index (χ1) is 16.9. The Hall–Kier alpha value is -3.75. The van der Waals surface area contributed by atoms with Crippen LogP contribution in [0.1, 0.15) is 16.7 Å². The molecule has 0 unspecified atom stereocenters. The summed E-state index contributed by atoms with van der Waals surface area (Å²) in [6, 6.07) is 10.3. The van der Waals surface area contributed by atoms with Crippen molar-refractivity contribution < 1.29 is 23.1 Å². The molecule has 2 heterocycles. The zero-order valence-corrected chi connectivity index (χ0v) is 19.3. The number of piperazine rings is 1. The van der Waals surface area contributed by atoms with Crippen molar-refractivity contribution in [3.05, 3.63) is 63.8 Å². The Balaban J connectivity index is 1.40. The maximum atomic E-state index is 14.7. The summed E-state index contributed by atoms with van der Waals surface area (Å²) in [6.07, 6.45) is 1.54. The quantitative estimate of drug-likeness (QED) is 0.570. The molecule has 2 aromatic carbocycles. The maximum absolute atomic E-state index is 14.7. The summed E-state index contributed by atoms with van der Waals surface area (Å²) < 4.78 is 33.5. The minimum Gasteiger partial charge on any atom is -0.454 e. The number of rotatable bonds is 7. The first kappa shape index (κ1) is 24.4. The lowest BCUT2D eigenvalue weighted by Gasteiger charge is -2.25. The number of aliphatic imine (C=N–C) groups is 1. The number of benzene rings is 2. The smallest absolute Gasteiger partial charge is 0.264 e. The van der Waals surface area contributed by atoms with E-state index >= 15 is 0 Å². The first-order valence-corrected chi connectivity index (χ1v) is 11.6. The Kier molecular flexibility index (Phi) is 7.74. The van der Waals surface area contributed by atoms with Crippen molar-refractivity contribution in [2.45, 2.75) is 6.67 Å². The molecule has 2 aliphatic heterocycles. The van der Waals surface area contributed by atoms with Crippen molar-refractivity contribution in [2.24, 2.45) is 4.99 Å². The van der Waals surface area contributed by atoms with Gasteiger partial charge in [0.15, 0.2) is 16.7 Å². The topological polar surface area (TPSA) is 107 Å². The van der Waals surface area contributed by atoms with Crippen molar-refractivity contribution in [1.29, 1.82) is 5.26 Å². The number of ether oxygens (including phenoxy) is 1. The van der Waals surface area contributed by atoms with E-state index in [1.54, 1.807) is 12.1 Å². The van der Waals surface area contributed by atoms with Gasteiger partial charge in [0.05, 0.1) is 29.6 Å². The fraction of sp³-hybridized carbons (Fsp3) is 0.250. The summed E-state index contributed by atoms with van der Waals surface area (Å²) in [5, 5.41) is 14.8. The normalized spacial score (nSPS) is 18.4. The molecule has 0 radical (unpaired) electrons. The molecule has 2 aliphatic rings. The largest absolute Gasteiger partial charge is 0.454 e. The van der Waals surface area contributed by atoms with Crippen LogP contribution in [-0.2, 0) is 16.3 Å². The maximum Gasteiger partial charge on any atom is 0.264 e. The fourth-order valence-corrected chi connectivity index (χ4v) is 4.34. The van der Waals surface area contributed by atoms with Crippen LogP contribution < -0.4 is 15.4 Å². The fourth-order valence-electron chi connectivity index (χ4n) is 3.49. The number of alkyl halides is 1. The van der Waals surface area contributed by atoms with Gasteiger partial charge in [-0.3, -0.25) is 19.5 Å². The Morgan fingerprint density at radius 1 is 1.23 bits per heavy atom. The third kappa shape index (κ3) is 6.23. The standard InChI is InChI=1S/C24H21F2N5O3S/c25-12-17-9-16(13-27)2-3-19(17)34-20-4-1-15(10-18(20)26)11-21-23(33)30-24(35-21)29-6-8-31-7-5-28-22(32)14-31/h1-4,9-11H,5-8,12,14H2,(H,28,32)(H,29,30,33)/b21-11-. The molecule has 0 saturated carbocycles. The second kappa shape index (κ2) is 11.1. The molecule has 2 aromatic rings. The SMILES string of the molecule is N#Cc1ccc(Oc2ccc(/C=C3\SC(=NCCN4CCNC(=O)C4)NC3=O)cc2F)c(CF)c1. The molecule has 11 heteroatoms. The van der Waals surface area contributed by atoms with E-state index in [1.807, 2.05) is 11.0 Å². The zero-order chi connectivity index (χ0) is 24.8.